The molecule has 0 radical (unpaired) electrons. The third kappa shape index (κ3) is 2.16. The van der Waals surface area contributed by atoms with Crippen LogP contribution in [0.4, 0.5) is 0 Å². The smallest absolute Gasteiger partial charge is 0.303 e. The number of fused-ring (bicyclic) bond motifs is 1. The van der Waals surface area contributed by atoms with E-state index in [2.05, 4.69) is 18.7 Å². The van der Waals surface area contributed by atoms with Gasteiger partial charge in [-0.15, -0.1) is 0 Å². The molecule has 202 valence electrons. The summed E-state index contributed by atoms with van der Waals surface area (Å²) in [5, 5.41) is 13.4. The highest BCUT2D eigenvalue weighted by Gasteiger charge is 2.97. The molecule has 0 aromatic carbocycles. The third-order valence-electron chi connectivity index (χ3n) is 12.2. The van der Waals surface area contributed by atoms with Gasteiger partial charge in [-0.1, -0.05) is 13.8 Å². The van der Waals surface area contributed by atoms with Crippen LogP contribution in [0.1, 0.15) is 46.5 Å². The molecule has 5 aliphatic carbocycles. The summed E-state index contributed by atoms with van der Waals surface area (Å²) in [4.78, 5) is 15.3. The van der Waals surface area contributed by atoms with Gasteiger partial charge in [0.15, 0.2) is 5.60 Å². The summed E-state index contributed by atoms with van der Waals surface area (Å²) in [7, 11) is 5.23. The summed E-state index contributed by atoms with van der Waals surface area (Å²) in [6, 6.07) is -0.224. The molecular weight excluding hydrogens is 466 g/mol. The Hall–Kier alpha value is -0.810. The summed E-state index contributed by atoms with van der Waals surface area (Å²) < 4.78 is 38.7. The first-order valence-corrected chi connectivity index (χ1v) is 13.7. The van der Waals surface area contributed by atoms with E-state index in [4.69, 9.17) is 28.4 Å². The summed E-state index contributed by atoms with van der Waals surface area (Å²) >= 11 is 0. The average Bonchev–Trinajstić information content (AvgIpc) is 3.40. The molecule has 3 spiro atoms. The van der Waals surface area contributed by atoms with E-state index < -0.39 is 28.3 Å². The highest BCUT2D eigenvalue weighted by Crippen LogP contribution is 2.83. The highest BCUT2D eigenvalue weighted by molar-refractivity contribution is 5.67. The van der Waals surface area contributed by atoms with Gasteiger partial charge in [-0.05, 0) is 31.2 Å². The van der Waals surface area contributed by atoms with E-state index in [1.165, 1.54) is 6.92 Å². The maximum Gasteiger partial charge on any atom is 0.303 e. The number of carbonyl (C=O) groups excluding carboxylic acids is 1. The minimum absolute atomic E-state index is 0.0317. The Kier molecular flexibility index (Phi) is 4.87. The van der Waals surface area contributed by atoms with Crippen molar-refractivity contribution in [3.63, 3.8) is 0 Å². The Morgan fingerprint density at radius 2 is 1.89 bits per heavy atom. The van der Waals surface area contributed by atoms with Crippen molar-refractivity contribution in [1.29, 1.82) is 0 Å². The zero-order valence-corrected chi connectivity index (χ0v) is 22.3. The van der Waals surface area contributed by atoms with Crippen LogP contribution < -0.4 is 0 Å². The van der Waals surface area contributed by atoms with Gasteiger partial charge in [0.2, 0.25) is 0 Å². The van der Waals surface area contributed by atoms with Crippen LogP contribution in [0.5, 0.6) is 0 Å². The summed E-state index contributed by atoms with van der Waals surface area (Å²) in [5.74, 6) is -0.771. The fourth-order valence-corrected chi connectivity index (χ4v) is 11.7. The van der Waals surface area contributed by atoms with Gasteiger partial charge >= 0.3 is 5.97 Å². The first-order valence-electron chi connectivity index (χ1n) is 13.7. The van der Waals surface area contributed by atoms with Gasteiger partial charge in [-0.25, -0.2) is 0 Å². The van der Waals surface area contributed by atoms with E-state index >= 15 is 0 Å². The van der Waals surface area contributed by atoms with Gasteiger partial charge < -0.3 is 33.5 Å². The molecular formula is C27H41NO8. The van der Waals surface area contributed by atoms with Gasteiger partial charge in [0.25, 0.3) is 0 Å². The van der Waals surface area contributed by atoms with Crippen LogP contribution >= 0.6 is 0 Å². The molecule has 9 unspecified atom stereocenters. The number of hydrogen-bond donors (Lipinski definition) is 1. The Bertz CT molecular complexity index is 979. The lowest BCUT2D eigenvalue weighted by Gasteiger charge is -2.71. The van der Waals surface area contributed by atoms with E-state index in [1.807, 2.05) is 0 Å². The average molecular weight is 508 g/mol. The molecule has 0 aromatic heterocycles. The number of esters is 1. The van der Waals surface area contributed by atoms with E-state index in [9.17, 15) is 9.90 Å². The maximum atomic E-state index is 13.4. The van der Waals surface area contributed by atoms with Gasteiger partial charge in [0.1, 0.15) is 18.5 Å². The Morgan fingerprint density at radius 3 is 2.53 bits per heavy atom. The lowest BCUT2D eigenvalue weighted by atomic mass is 9.41. The number of piperidine rings is 1. The predicted octanol–water partition coefficient (Wildman–Crippen LogP) is 1.35. The molecule has 2 heterocycles. The highest BCUT2D eigenvalue weighted by atomic mass is 16.7. The number of likely N-dealkylation sites (tertiary alicyclic amines) is 1. The molecule has 9 heteroatoms. The number of aliphatic hydroxyl groups is 1. The molecule has 0 aromatic rings. The van der Waals surface area contributed by atoms with Crippen LogP contribution in [0, 0.1) is 28.6 Å². The van der Waals surface area contributed by atoms with Crippen molar-refractivity contribution in [1.82, 2.24) is 4.90 Å². The van der Waals surface area contributed by atoms with E-state index in [0.29, 0.717) is 12.8 Å². The second-order valence-corrected chi connectivity index (χ2v) is 12.9. The lowest BCUT2D eigenvalue weighted by Crippen LogP contribution is -2.85. The number of hydrogen-bond acceptors (Lipinski definition) is 9. The summed E-state index contributed by atoms with van der Waals surface area (Å²) in [5.41, 5.74) is -3.94. The summed E-state index contributed by atoms with van der Waals surface area (Å²) in [6.07, 6.45) is 1.69. The van der Waals surface area contributed by atoms with Gasteiger partial charge in [0, 0.05) is 59.0 Å². The molecule has 36 heavy (non-hydrogen) atoms. The van der Waals surface area contributed by atoms with E-state index in [-0.39, 0.29) is 60.3 Å². The standard InChI is InChI=1S/C27H41NO8/c1-7-28-12-23(3)9-8-17(32-5)26-20(23)21(36-14(2)29)27(22(26)28)25(34-13-35-27)11-16(31-4)15-10-24(26,30)19(25)18(15)33-6/h15-22,30H,7-13H2,1-6H3/t15?,16-,17?,18?,19?,20?,21?,22?,23-,24-,25+,26?,27?/m0/s1. The van der Waals surface area contributed by atoms with Crippen LogP contribution in [-0.2, 0) is 33.2 Å². The second kappa shape index (κ2) is 7.23. The fraction of sp³-hybridized carbons (Fsp3) is 0.963. The first-order chi connectivity index (χ1) is 17.2. The third-order valence-corrected chi connectivity index (χ3v) is 12.2. The van der Waals surface area contributed by atoms with Gasteiger partial charge in [-0.3, -0.25) is 9.69 Å². The Labute approximate surface area is 213 Å². The largest absolute Gasteiger partial charge is 0.459 e. The van der Waals surface area contributed by atoms with Crippen molar-refractivity contribution >= 4 is 5.97 Å². The van der Waals surface area contributed by atoms with Crippen LogP contribution in [0.15, 0.2) is 0 Å². The van der Waals surface area contributed by atoms with Crippen LogP contribution in [0.3, 0.4) is 0 Å². The van der Waals surface area contributed by atoms with Crippen molar-refractivity contribution in [2.75, 3.05) is 41.2 Å². The number of nitrogens with zero attached hydrogens (tertiary/aromatic N) is 1. The molecule has 1 N–H and O–H groups in total. The molecule has 7 fully saturated rings. The van der Waals surface area contributed by atoms with Crippen molar-refractivity contribution < 1.29 is 38.3 Å². The number of carbonyl (C=O) groups is 1. The molecule has 2 aliphatic heterocycles. The minimum atomic E-state index is -1.16. The molecule has 5 saturated carbocycles. The van der Waals surface area contributed by atoms with E-state index in [1.54, 1.807) is 21.3 Å². The predicted molar refractivity (Wildman–Crippen MR) is 126 cm³/mol. The monoisotopic (exact) mass is 507 g/mol. The van der Waals surface area contributed by atoms with Crippen LogP contribution in [0.25, 0.3) is 0 Å². The zero-order chi connectivity index (χ0) is 25.5. The van der Waals surface area contributed by atoms with Gasteiger partial charge in [0.05, 0.1) is 35.4 Å². The minimum Gasteiger partial charge on any atom is -0.459 e. The number of ether oxygens (including phenoxy) is 6. The second-order valence-electron chi connectivity index (χ2n) is 12.9. The first kappa shape index (κ1) is 24.2. The summed E-state index contributed by atoms with van der Waals surface area (Å²) in [6.45, 7) is 7.72. The SMILES string of the molecule is CCN1C[C@]2(C)CCC(OC)C34C1C1(OCO[C@@]15C[C@H](OC)C1C[C@]3(O)C5C1OC)C(OC(C)=O)C42. The van der Waals surface area contributed by atoms with Crippen LogP contribution in [0.2, 0.25) is 0 Å². The molecule has 7 rings (SSSR count). The van der Waals surface area contributed by atoms with Crippen LogP contribution in [-0.4, -0.2) is 104 Å². The van der Waals surface area contributed by atoms with Crippen molar-refractivity contribution in [3.8, 4) is 0 Å². The number of rotatable bonds is 5. The number of methoxy groups -OCH3 is 3. The van der Waals surface area contributed by atoms with E-state index in [0.717, 1.165) is 25.9 Å². The molecule has 0 amide bonds. The van der Waals surface area contributed by atoms with Crippen molar-refractivity contribution in [2.45, 2.75) is 93.7 Å². The molecule has 2 saturated heterocycles. The van der Waals surface area contributed by atoms with Crippen molar-refractivity contribution in [2.24, 2.45) is 28.6 Å². The molecule has 7 bridgehead atoms. The van der Waals surface area contributed by atoms with Crippen molar-refractivity contribution in [3.05, 3.63) is 0 Å². The normalized spacial score (nSPS) is 60.2. The quantitative estimate of drug-likeness (QED) is 0.553. The fourth-order valence-electron chi connectivity index (χ4n) is 11.7. The van der Waals surface area contributed by atoms with Gasteiger partial charge in [-0.2, -0.15) is 0 Å². The molecule has 7 aliphatic rings. The Balaban J connectivity index is 1.61. The number of likely N-dealkylation sites (N-methyl/N-ethyl adjacent to an activating group) is 1. The topological polar surface area (TPSA) is 95.9 Å². The maximum absolute atomic E-state index is 13.4. The molecule has 9 nitrogen and oxygen atoms in total. The lowest BCUT2D eigenvalue weighted by molar-refractivity contribution is -0.332. The Morgan fingerprint density at radius 1 is 1.11 bits per heavy atom. The molecule has 13 atom stereocenters. The zero-order valence-electron chi connectivity index (χ0n) is 22.3.